The van der Waals surface area contributed by atoms with E-state index < -0.39 is 0 Å². The van der Waals surface area contributed by atoms with Gasteiger partial charge in [0.1, 0.15) is 5.69 Å². The fraction of sp³-hybridized carbons (Fsp3) is 0.571. The highest BCUT2D eigenvalue weighted by atomic mass is 16.4. The molecule has 1 fully saturated rings. The summed E-state index contributed by atoms with van der Waals surface area (Å²) < 4.78 is 0. The molecule has 20 heavy (non-hydrogen) atoms. The average Bonchev–Trinajstić information content (AvgIpc) is 2.41. The van der Waals surface area contributed by atoms with Crippen LogP contribution in [0.1, 0.15) is 25.0 Å². The Balaban J connectivity index is 2.08. The molecule has 0 aromatic carbocycles. The second-order valence-electron chi connectivity index (χ2n) is 5.72. The van der Waals surface area contributed by atoms with E-state index >= 15 is 0 Å². The largest absolute Gasteiger partial charge is 0.409 e. The van der Waals surface area contributed by atoms with Crippen molar-refractivity contribution in [3.8, 4) is 0 Å². The second-order valence-corrected chi connectivity index (χ2v) is 5.72. The molecule has 1 aliphatic rings. The summed E-state index contributed by atoms with van der Waals surface area (Å²) in [5, 5.41) is 11.6. The van der Waals surface area contributed by atoms with Gasteiger partial charge in [-0.2, -0.15) is 0 Å². The molecule has 0 bridgehead atoms. The molecule has 0 spiro atoms. The summed E-state index contributed by atoms with van der Waals surface area (Å²) in [6.07, 6.45) is 5.53. The van der Waals surface area contributed by atoms with Crippen LogP contribution in [-0.2, 0) is 0 Å². The number of hydrogen-bond acceptors (Lipinski definition) is 5. The maximum atomic E-state index is 8.63. The summed E-state index contributed by atoms with van der Waals surface area (Å²) in [4.78, 5) is 8.75. The van der Waals surface area contributed by atoms with Crippen molar-refractivity contribution in [3.05, 3.63) is 24.0 Å². The van der Waals surface area contributed by atoms with Crippen molar-refractivity contribution < 1.29 is 5.21 Å². The monoisotopic (exact) mass is 277 g/mol. The highest BCUT2D eigenvalue weighted by molar-refractivity contribution is 5.95. The van der Waals surface area contributed by atoms with Crippen LogP contribution in [-0.4, -0.2) is 54.2 Å². The summed E-state index contributed by atoms with van der Waals surface area (Å²) in [6.45, 7) is 0.977. The molecule has 3 N–H and O–H groups in total. The Labute approximate surface area is 119 Å². The number of rotatable bonds is 5. The molecule has 1 aromatic heterocycles. The maximum absolute atomic E-state index is 8.63. The molecule has 1 aromatic rings. The lowest BCUT2D eigenvalue weighted by Gasteiger charge is -2.49. The molecule has 1 aliphatic carbocycles. The Bertz CT molecular complexity index is 479. The highest BCUT2D eigenvalue weighted by Gasteiger charge is 2.39. The van der Waals surface area contributed by atoms with Crippen molar-refractivity contribution in [2.45, 2.75) is 24.8 Å². The minimum Gasteiger partial charge on any atom is -0.409 e. The number of pyridine rings is 1. The van der Waals surface area contributed by atoms with Crippen molar-refractivity contribution in [1.29, 1.82) is 0 Å². The molecule has 0 saturated heterocycles. The SMILES string of the molecule is CN(CC1(N(C)C)CCC1)c1ccc(/C(N)=N/O)nc1. The lowest BCUT2D eigenvalue weighted by molar-refractivity contribution is 0.0683. The molecule has 0 unspecified atom stereocenters. The first-order valence-electron chi connectivity index (χ1n) is 6.81. The number of oxime groups is 1. The second kappa shape index (κ2) is 5.66. The number of amidine groups is 1. The van der Waals surface area contributed by atoms with Gasteiger partial charge < -0.3 is 20.7 Å². The van der Waals surface area contributed by atoms with Crippen LogP contribution in [0.15, 0.2) is 23.5 Å². The van der Waals surface area contributed by atoms with Gasteiger partial charge in [-0.05, 0) is 45.5 Å². The zero-order chi connectivity index (χ0) is 14.8. The van der Waals surface area contributed by atoms with Crippen LogP contribution in [0, 0.1) is 0 Å². The van der Waals surface area contributed by atoms with Crippen LogP contribution in [0.3, 0.4) is 0 Å². The van der Waals surface area contributed by atoms with E-state index in [2.05, 4.69) is 41.1 Å². The fourth-order valence-corrected chi connectivity index (χ4v) is 2.68. The fourth-order valence-electron chi connectivity index (χ4n) is 2.68. The normalized spacial score (nSPS) is 17.9. The first-order chi connectivity index (χ1) is 9.48. The van der Waals surface area contributed by atoms with Gasteiger partial charge >= 0.3 is 0 Å². The molecule has 1 saturated carbocycles. The lowest BCUT2D eigenvalue weighted by atomic mass is 9.75. The van der Waals surface area contributed by atoms with Crippen molar-refractivity contribution in [1.82, 2.24) is 9.88 Å². The number of nitrogens with two attached hydrogens (primary N) is 1. The van der Waals surface area contributed by atoms with E-state index in [0.29, 0.717) is 5.69 Å². The molecule has 0 aliphatic heterocycles. The third-order valence-corrected chi connectivity index (χ3v) is 4.32. The molecule has 6 heteroatoms. The summed E-state index contributed by atoms with van der Waals surface area (Å²) in [6, 6.07) is 3.71. The van der Waals surface area contributed by atoms with Gasteiger partial charge in [0, 0.05) is 19.1 Å². The molecule has 0 atom stereocenters. The Hall–Kier alpha value is -1.82. The first-order valence-corrected chi connectivity index (χ1v) is 6.81. The van der Waals surface area contributed by atoms with Crippen LogP contribution in [0.25, 0.3) is 0 Å². The van der Waals surface area contributed by atoms with Crippen molar-refractivity contribution in [2.75, 3.05) is 32.6 Å². The predicted molar refractivity (Wildman–Crippen MR) is 80.3 cm³/mol. The van der Waals surface area contributed by atoms with E-state index in [4.69, 9.17) is 10.9 Å². The molecule has 0 amide bonds. The molecular formula is C14H23N5O. The summed E-state index contributed by atoms with van der Waals surface area (Å²) in [5.41, 5.74) is 7.30. The molecule has 110 valence electrons. The Morgan fingerprint density at radius 2 is 2.10 bits per heavy atom. The maximum Gasteiger partial charge on any atom is 0.188 e. The van der Waals surface area contributed by atoms with Crippen LogP contribution >= 0.6 is 0 Å². The van der Waals surface area contributed by atoms with Crippen molar-refractivity contribution >= 4 is 11.5 Å². The third kappa shape index (κ3) is 2.70. The zero-order valence-corrected chi connectivity index (χ0v) is 12.4. The van der Waals surface area contributed by atoms with Gasteiger partial charge in [-0.1, -0.05) is 5.16 Å². The van der Waals surface area contributed by atoms with Crippen LogP contribution in [0.5, 0.6) is 0 Å². The van der Waals surface area contributed by atoms with Gasteiger partial charge in [0.2, 0.25) is 0 Å². The molecule has 6 nitrogen and oxygen atoms in total. The topological polar surface area (TPSA) is 78.0 Å². The minimum atomic E-state index is 0.0305. The van der Waals surface area contributed by atoms with E-state index in [-0.39, 0.29) is 11.4 Å². The van der Waals surface area contributed by atoms with E-state index in [1.54, 1.807) is 12.3 Å². The lowest BCUT2D eigenvalue weighted by Crippen LogP contribution is -2.56. The Morgan fingerprint density at radius 1 is 1.40 bits per heavy atom. The van der Waals surface area contributed by atoms with Crippen molar-refractivity contribution in [3.63, 3.8) is 0 Å². The number of hydrogen-bond donors (Lipinski definition) is 2. The third-order valence-electron chi connectivity index (χ3n) is 4.32. The van der Waals surface area contributed by atoms with Gasteiger partial charge in [0.15, 0.2) is 5.84 Å². The van der Waals surface area contributed by atoms with Crippen LogP contribution in [0.4, 0.5) is 5.69 Å². The number of likely N-dealkylation sites (N-methyl/N-ethyl adjacent to an activating group) is 2. The molecule has 2 rings (SSSR count). The highest BCUT2D eigenvalue weighted by Crippen LogP contribution is 2.37. The van der Waals surface area contributed by atoms with E-state index in [9.17, 15) is 0 Å². The number of aromatic nitrogens is 1. The van der Waals surface area contributed by atoms with E-state index in [0.717, 1.165) is 12.2 Å². The predicted octanol–water partition coefficient (Wildman–Crippen LogP) is 1.10. The smallest absolute Gasteiger partial charge is 0.188 e. The van der Waals surface area contributed by atoms with Crippen molar-refractivity contribution in [2.24, 2.45) is 10.9 Å². The molecule has 1 heterocycles. The average molecular weight is 277 g/mol. The first kappa shape index (κ1) is 14.6. The summed E-state index contributed by atoms with van der Waals surface area (Å²) in [5.74, 6) is 0.0305. The van der Waals surface area contributed by atoms with E-state index in [1.165, 1.54) is 19.3 Å². The standard InChI is InChI=1S/C14H23N5O/c1-18(2)14(7-4-8-14)10-19(3)11-5-6-12(16-9-11)13(15)17-20/h5-6,9,20H,4,7-8,10H2,1-3H3,(H2,15,17). The Kier molecular flexibility index (Phi) is 4.13. The van der Waals surface area contributed by atoms with Gasteiger partial charge in [-0.3, -0.25) is 4.98 Å². The van der Waals surface area contributed by atoms with Crippen LogP contribution in [0.2, 0.25) is 0 Å². The minimum absolute atomic E-state index is 0.0305. The summed E-state index contributed by atoms with van der Waals surface area (Å²) >= 11 is 0. The zero-order valence-electron chi connectivity index (χ0n) is 12.4. The van der Waals surface area contributed by atoms with Gasteiger partial charge in [0.25, 0.3) is 0 Å². The number of nitrogens with zero attached hydrogens (tertiary/aromatic N) is 4. The van der Waals surface area contributed by atoms with E-state index in [1.807, 2.05) is 6.07 Å². The quantitative estimate of drug-likeness (QED) is 0.365. The van der Waals surface area contributed by atoms with Gasteiger partial charge in [-0.15, -0.1) is 0 Å². The van der Waals surface area contributed by atoms with Crippen LogP contribution < -0.4 is 10.6 Å². The van der Waals surface area contributed by atoms with Gasteiger partial charge in [0.05, 0.1) is 11.9 Å². The molecule has 0 radical (unpaired) electrons. The Morgan fingerprint density at radius 3 is 2.50 bits per heavy atom. The van der Waals surface area contributed by atoms with Gasteiger partial charge in [-0.25, -0.2) is 0 Å². The molecular weight excluding hydrogens is 254 g/mol. The number of anilines is 1. The summed E-state index contributed by atoms with van der Waals surface area (Å²) in [7, 11) is 6.36.